The molecule has 1 aromatic carbocycles. The number of hydrogen-bond donors (Lipinski definition) is 0. The van der Waals surface area contributed by atoms with Crippen molar-refractivity contribution in [1.29, 1.82) is 0 Å². The molecule has 1 saturated heterocycles. The van der Waals surface area contributed by atoms with Crippen LogP contribution in [0.25, 0.3) is 10.1 Å². The number of thiophene rings is 1. The monoisotopic (exact) mass is 381 g/mol. The highest BCUT2D eigenvalue weighted by atomic mass is 32.2. The molecule has 1 aliphatic carbocycles. The molecule has 2 heterocycles. The highest BCUT2D eigenvalue weighted by Crippen LogP contribution is 2.32. The van der Waals surface area contributed by atoms with Gasteiger partial charge in [-0.3, -0.25) is 4.79 Å². The van der Waals surface area contributed by atoms with Crippen LogP contribution in [0.15, 0.2) is 24.3 Å². The first-order valence-corrected chi connectivity index (χ1v) is 11.1. The maximum absolute atomic E-state index is 13.3. The Morgan fingerprint density at radius 2 is 1.80 bits per heavy atom. The van der Waals surface area contributed by atoms with Gasteiger partial charge in [0.15, 0.2) is 9.84 Å². The molecule has 0 N–H and O–H groups in total. The molecule has 2 aromatic rings. The number of rotatable bonds is 3. The molecule has 2 aliphatic rings. The van der Waals surface area contributed by atoms with Gasteiger partial charge in [-0.15, -0.1) is 11.3 Å². The number of halogens is 1. The summed E-state index contributed by atoms with van der Waals surface area (Å²) >= 11 is 1.32. The minimum atomic E-state index is -3.14. The number of nitrogens with zero attached hydrogens (tertiary/aromatic N) is 1. The minimum absolute atomic E-state index is 0.156. The molecule has 0 spiro atoms. The summed E-state index contributed by atoms with van der Waals surface area (Å²) in [6, 6.07) is 6.14. The fourth-order valence-corrected chi connectivity index (χ4v) is 7.07. The SMILES string of the molecule is O=C(c1cc2cc(F)ccc2s1)N1CC(S(=O)(=O)C2CCCCC2)C1. The van der Waals surface area contributed by atoms with E-state index in [1.165, 1.54) is 23.5 Å². The number of carbonyl (C=O) groups excluding carboxylic acids is 1. The summed E-state index contributed by atoms with van der Waals surface area (Å²) in [5.41, 5.74) is 0. The van der Waals surface area contributed by atoms with E-state index in [4.69, 9.17) is 0 Å². The van der Waals surface area contributed by atoms with Gasteiger partial charge in [0.05, 0.1) is 15.4 Å². The standard InChI is InChI=1S/C18H20FNO3S2/c19-13-6-7-16-12(8-13)9-17(24-16)18(21)20-10-15(11-20)25(22,23)14-4-2-1-3-5-14/h6-9,14-15H,1-5,10-11H2. The van der Waals surface area contributed by atoms with Gasteiger partial charge in [0.2, 0.25) is 0 Å². The van der Waals surface area contributed by atoms with Crippen LogP contribution in [0, 0.1) is 5.82 Å². The van der Waals surface area contributed by atoms with E-state index in [-0.39, 0.29) is 30.1 Å². The average Bonchev–Trinajstić information content (AvgIpc) is 2.97. The number of amides is 1. The Labute approximate surface area is 150 Å². The van der Waals surface area contributed by atoms with Gasteiger partial charge >= 0.3 is 0 Å². The smallest absolute Gasteiger partial charge is 0.264 e. The van der Waals surface area contributed by atoms with E-state index in [0.717, 1.165) is 36.8 Å². The molecule has 4 nitrogen and oxygen atoms in total. The lowest BCUT2D eigenvalue weighted by Crippen LogP contribution is -2.58. The summed E-state index contributed by atoms with van der Waals surface area (Å²) in [5, 5.41) is 0.0578. The molecule has 134 valence electrons. The third-order valence-electron chi connectivity index (χ3n) is 5.31. The van der Waals surface area contributed by atoms with Gasteiger partial charge in [-0.1, -0.05) is 19.3 Å². The van der Waals surface area contributed by atoms with Crippen molar-refractivity contribution >= 4 is 37.2 Å². The number of hydrogen-bond acceptors (Lipinski definition) is 4. The van der Waals surface area contributed by atoms with Gasteiger partial charge in [-0.05, 0) is 42.5 Å². The minimum Gasteiger partial charge on any atom is -0.335 e. The molecular formula is C18H20FNO3S2. The van der Waals surface area contributed by atoms with Crippen LogP contribution in [0.1, 0.15) is 41.8 Å². The van der Waals surface area contributed by atoms with Crippen molar-refractivity contribution in [1.82, 2.24) is 4.90 Å². The molecule has 0 radical (unpaired) electrons. The van der Waals surface area contributed by atoms with Gasteiger partial charge in [0, 0.05) is 17.8 Å². The van der Waals surface area contributed by atoms with E-state index >= 15 is 0 Å². The van der Waals surface area contributed by atoms with E-state index in [2.05, 4.69) is 0 Å². The second-order valence-corrected chi connectivity index (χ2v) is 10.6. The Bertz CT molecular complexity index is 910. The van der Waals surface area contributed by atoms with E-state index in [0.29, 0.717) is 10.3 Å². The number of fused-ring (bicyclic) bond motifs is 1. The van der Waals surface area contributed by atoms with Crippen LogP contribution in [-0.4, -0.2) is 42.8 Å². The molecule has 1 aromatic heterocycles. The van der Waals surface area contributed by atoms with Crippen molar-refractivity contribution in [2.75, 3.05) is 13.1 Å². The molecular weight excluding hydrogens is 361 g/mol. The van der Waals surface area contributed by atoms with Crippen LogP contribution in [0.2, 0.25) is 0 Å². The number of sulfone groups is 1. The van der Waals surface area contributed by atoms with Gasteiger partial charge < -0.3 is 4.90 Å². The summed E-state index contributed by atoms with van der Waals surface area (Å²) in [5.74, 6) is -0.483. The first-order chi connectivity index (χ1) is 11.9. The Balaban J connectivity index is 1.44. The molecule has 25 heavy (non-hydrogen) atoms. The normalized spacial score (nSPS) is 20.0. The van der Waals surface area contributed by atoms with Crippen molar-refractivity contribution in [3.05, 3.63) is 35.0 Å². The van der Waals surface area contributed by atoms with Crippen molar-refractivity contribution in [3.63, 3.8) is 0 Å². The van der Waals surface area contributed by atoms with Gasteiger partial charge in [0.1, 0.15) is 5.82 Å². The Hall–Kier alpha value is -1.47. The lowest BCUT2D eigenvalue weighted by atomic mass is 10.0. The van der Waals surface area contributed by atoms with Crippen molar-refractivity contribution < 1.29 is 17.6 Å². The second-order valence-electron chi connectivity index (χ2n) is 6.97. The first-order valence-electron chi connectivity index (χ1n) is 8.66. The lowest BCUT2D eigenvalue weighted by Gasteiger charge is -2.40. The fourth-order valence-electron chi connectivity index (χ4n) is 3.75. The van der Waals surface area contributed by atoms with Gasteiger partial charge in [-0.25, -0.2) is 12.8 Å². The topological polar surface area (TPSA) is 54.5 Å². The van der Waals surface area contributed by atoms with Crippen molar-refractivity contribution in [3.8, 4) is 0 Å². The Morgan fingerprint density at radius 1 is 1.08 bits per heavy atom. The molecule has 4 rings (SSSR count). The lowest BCUT2D eigenvalue weighted by molar-refractivity contribution is 0.0663. The molecule has 0 unspecified atom stereocenters. The predicted molar refractivity (Wildman–Crippen MR) is 97.3 cm³/mol. The van der Waals surface area contributed by atoms with Crippen molar-refractivity contribution in [2.24, 2.45) is 0 Å². The van der Waals surface area contributed by atoms with Crippen LogP contribution >= 0.6 is 11.3 Å². The zero-order valence-corrected chi connectivity index (χ0v) is 15.4. The highest BCUT2D eigenvalue weighted by molar-refractivity contribution is 7.92. The zero-order valence-electron chi connectivity index (χ0n) is 13.8. The maximum Gasteiger partial charge on any atom is 0.264 e. The largest absolute Gasteiger partial charge is 0.335 e. The van der Waals surface area contributed by atoms with Crippen LogP contribution in [0.5, 0.6) is 0 Å². The molecule has 7 heteroatoms. The quantitative estimate of drug-likeness (QED) is 0.816. The van der Waals surface area contributed by atoms with Crippen LogP contribution < -0.4 is 0 Å². The maximum atomic E-state index is 13.3. The summed E-state index contributed by atoms with van der Waals surface area (Å²) < 4.78 is 39.5. The molecule has 1 saturated carbocycles. The molecule has 0 bridgehead atoms. The third-order valence-corrected chi connectivity index (χ3v) is 9.04. The molecule has 2 fully saturated rings. The van der Waals surface area contributed by atoms with Gasteiger partial charge in [-0.2, -0.15) is 0 Å². The van der Waals surface area contributed by atoms with E-state index in [1.807, 2.05) is 0 Å². The third kappa shape index (κ3) is 3.08. The molecule has 1 aliphatic heterocycles. The Kier molecular flexibility index (Phi) is 4.32. The number of carbonyl (C=O) groups is 1. The highest BCUT2D eigenvalue weighted by Gasteiger charge is 2.43. The zero-order chi connectivity index (χ0) is 17.6. The summed E-state index contributed by atoms with van der Waals surface area (Å²) in [6.07, 6.45) is 4.60. The second kappa shape index (κ2) is 6.36. The predicted octanol–water partition coefficient (Wildman–Crippen LogP) is 3.61. The average molecular weight is 381 g/mol. The van der Waals surface area contributed by atoms with Crippen molar-refractivity contribution in [2.45, 2.75) is 42.6 Å². The molecule has 1 amide bonds. The Morgan fingerprint density at radius 3 is 2.52 bits per heavy atom. The summed E-state index contributed by atoms with van der Waals surface area (Å²) in [6.45, 7) is 0.556. The van der Waals surface area contributed by atoms with Gasteiger partial charge in [0.25, 0.3) is 5.91 Å². The fraction of sp³-hybridized carbons (Fsp3) is 0.500. The summed E-state index contributed by atoms with van der Waals surface area (Å²) in [4.78, 5) is 14.7. The van der Waals surface area contributed by atoms with E-state index in [1.54, 1.807) is 17.0 Å². The number of benzene rings is 1. The van der Waals surface area contributed by atoms with E-state index < -0.39 is 15.1 Å². The number of likely N-dealkylation sites (tertiary alicyclic amines) is 1. The van der Waals surface area contributed by atoms with Crippen LogP contribution in [-0.2, 0) is 9.84 Å². The van der Waals surface area contributed by atoms with Crippen LogP contribution in [0.3, 0.4) is 0 Å². The molecule has 0 atom stereocenters. The van der Waals surface area contributed by atoms with Crippen LogP contribution in [0.4, 0.5) is 4.39 Å². The van der Waals surface area contributed by atoms with E-state index in [9.17, 15) is 17.6 Å². The summed E-state index contributed by atoms with van der Waals surface area (Å²) in [7, 11) is -3.14. The first kappa shape index (κ1) is 17.0.